The normalized spacial score (nSPS) is 11.4. The van der Waals surface area contributed by atoms with Crippen molar-refractivity contribution in [3.63, 3.8) is 0 Å². The quantitative estimate of drug-likeness (QED) is 0.496. The molecule has 2 amide bonds. The van der Waals surface area contributed by atoms with E-state index in [9.17, 15) is 14.4 Å². The smallest absolute Gasteiger partial charge is 0.310 e. The summed E-state index contributed by atoms with van der Waals surface area (Å²) in [7, 11) is 1.32. The van der Waals surface area contributed by atoms with E-state index in [2.05, 4.69) is 5.32 Å². The predicted molar refractivity (Wildman–Crippen MR) is 102 cm³/mol. The minimum Gasteiger partial charge on any atom is -0.483 e. The molecule has 27 heavy (non-hydrogen) atoms. The molecule has 7 heteroatoms. The van der Waals surface area contributed by atoms with E-state index in [0.717, 1.165) is 11.1 Å². The summed E-state index contributed by atoms with van der Waals surface area (Å²) in [5.74, 6) is -0.475. The minimum absolute atomic E-state index is 0.113. The second-order valence-electron chi connectivity index (χ2n) is 6.59. The van der Waals surface area contributed by atoms with Gasteiger partial charge in [-0.2, -0.15) is 0 Å². The van der Waals surface area contributed by atoms with E-state index in [1.165, 1.54) is 14.0 Å². The molecule has 0 aromatic heterocycles. The van der Waals surface area contributed by atoms with E-state index in [-0.39, 0.29) is 30.9 Å². The molecule has 1 aromatic rings. The van der Waals surface area contributed by atoms with Crippen molar-refractivity contribution in [3.8, 4) is 5.75 Å². The highest BCUT2D eigenvalue weighted by molar-refractivity contribution is 5.79. The highest BCUT2D eigenvalue weighted by Crippen LogP contribution is 2.20. The number of esters is 1. The molecule has 0 aliphatic heterocycles. The first kappa shape index (κ1) is 22.5. The molecular formula is C20H30N2O5. The molecular weight excluding hydrogens is 348 g/mol. The Labute approximate surface area is 161 Å². The Kier molecular flexibility index (Phi) is 9.33. The molecule has 0 fully saturated rings. The average Bonchev–Trinajstić information content (AvgIpc) is 2.63. The number of methoxy groups -OCH3 is 1. The van der Waals surface area contributed by atoms with Crippen molar-refractivity contribution in [1.29, 1.82) is 0 Å². The maximum atomic E-state index is 12.6. The van der Waals surface area contributed by atoms with Crippen LogP contribution in [0.25, 0.3) is 0 Å². The molecule has 0 saturated heterocycles. The maximum Gasteiger partial charge on any atom is 0.310 e. The third-order valence-electron chi connectivity index (χ3n) is 4.34. The van der Waals surface area contributed by atoms with Gasteiger partial charge in [0.2, 0.25) is 5.91 Å². The molecule has 1 N–H and O–H groups in total. The van der Waals surface area contributed by atoms with Crippen LogP contribution in [0.15, 0.2) is 18.2 Å². The van der Waals surface area contributed by atoms with Gasteiger partial charge in [0.05, 0.1) is 13.0 Å². The Morgan fingerprint density at radius 2 is 1.93 bits per heavy atom. The van der Waals surface area contributed by atoms with Crippen LogP contribution in [0.1, 0.15) is 31.4 Å². The van der Waals surface area contributed by atoms with Gasteiger partial charge in [-0.3, -0.25) is 14.4 Å². The molecule has 1 aromatic carbocycles. The third-order valence-corrected chi connectivity index (χ3v) is 4.34. The minimum atomic E-state index is -0.444. The Balaban J connectivity index is 2.70. The molecule has 150 valence electrons. The zero-order chi connectivity index (χ0) is 20.4. The fourth-order valence-corrected chi connectivity index (χ4v) is 2.57. The van der Waals surface area contributed by atoms with Gasteiger partial charge in [-0.15, -0.1) is 0 Å². The molecule has 0 heterocycles. The van der Waals surface area contributed by atoms with E-state index in [4.69, 9.17) is 9.47 Å². The van der Waals surface area contributed by atoms with Crippen LogP contribution in [0.2, 0.25) is 0 Å². The first-order valence-corrected chi connectivity index (χ1v) is 9.05. The number of hydrogen-bond acceptors (Lipinski definition) is 5. The van der Waals surface area contributed by atoms with Crippen LogP contribution < -0.4 is 10.1 Å². The van der Waals surface area contributed by atoms with E-state index < -0.39 is 5.92 Å². The summed E-state index contributed by atoms with van der Waals surface area (Å²) in [6.45, 7) is 8.09. The number of carbonyl (C=O) groups is 3. The van der Waals surface area contributed by atoms with Crippen molar-refractivity contribution in [2.24, 2.45) is 5.92 Å². The molecule has 1 atom stereocenters. The second kappa shape index (κ2) is 11.2. The van der Waals surface area contributed by atoms with Gasteiger partial charge in [-0.1, -0.05) is 19.1 Å². The van der Waals surface area contributed by atoms with Crippen molar-refractivity contribution in [1.82, 2.24) is 10.2 Å². The molecule has 0 aliphatic carbocycles. The summed E-state index contributed by atoms with van der Waals surface area (Å²) in [5, 5.41) is 2.70. The number of benzene rings is 1. The number of rotatable bonds is 10. The fourth-order valence-electron chi connectivity index (χ4n) is 2.57. The van der Waals surface area contributed by atoms with Gasteiger partial charge in [-0.25, -0.2) is 0 Å². The number of nitrogens with zero attached hydrogens (tertiary/aromatic N) is 1. The van der Waals surface area contributed by atoms with Gasteiger partial charge in [0.1, 0.15) is 5.75 Å². The van der Waals surface area contributed by atoms with Gasteiger partial charge in [0.25, 0.3) is 5.91 Å². The van der Waals surface area contributed by atoms with Gasteiger partial charge in [0.15, 0.2) is 6.61 Å². The Morgan fingerprint density at radius 3 is 2.56 bits per heavy atom. The van der Waals surface area contributed by atoms with Crippen LogP contribution in [-0.2, 0) is 19.1 Å². The van der Waals surface area contributed by atoms with Gasteiger partial charge in [-0.05, 0) is 37.5 Å². The Hall–Kier alpha value is -2.57. The third kappa shape index (κ3) is 7.68. The van der Waals surface area contributed by atoms with E-state index in [1.807, 2.05) is 32.0 Å². The van der Waals surface area contributed by atoms with Gasteiger partial charge >= 0.3 is 5.97 Å². The number of amides is 2. The summed E-state index contributed by atoms with van der Waals surface area (Å²) < 4.78 is 10.4. The topological polar surface area (TPSA) is 84.9 Å². The molecule has 0 spiro atoms. The summed E-state index contributed by atoms with van der Waals surface area (Å²) in [6.07, 6.45) is 0.586. The molecule has 1 unspecified atom stereocenters. The van der Waals surface area contributed by atoms with E-state index >= 15 is 0 Å². The molecule has 7 nitrogen and oxygen atoms in total. The van der Waals surface area contributed by atoms with Crippen LogP contribution in [-0.4, -0.2) is 56.0 Å². The number of carbonyl (C=O) groups excluding carboxylic acids is 3. The lowest BCUT2D eigenvalue weighted by Crippen LogP contribution is -2.41. The molecule has 0 saturated carbocycles. The SMILES string of the molecule is COC(=O)C(C)CN(CCCNC(C)=O)C(=O)COc1cccc(C)c1C. The first-order chi connectivity index (χ1) is 12.8. The molecule has 0 aliphatic rings. The number of ether oxygens (including phenoxy) is 2. The number of hydrogen-bond donors (Lipinski definition) is 1. The van der Waals surface area contributed by atoms with Crippen molar-refractivity contribution >= 4 is 17.8 Å². The standard InChI is InChI=1S/C20H30N2O5/c1-14-8-6-9-18(16(14)3)27-13-19(24)22(11-7-10-21-17(4)23)12-15(2)20(25)26-5/h6,8-9,15H,7,10-13H2,1-5H3,(H,21,23). The van der Waals surface area contributed by atoms with Crippen LogP contribution in [0, 0.1) is 19.8 Å². The summed E-state index contributed by atoms with van der Waals surface area (Å²) in [5.41, 5.74) is 2.08. The summed E-state index contributed by atoms with van der Waals surface area (Å²) in [4.78, 5) is 36.9. The lowest BCUT2D eigenvalue weighted by atomic mass is 10.1. The van der Waals surface area contributed by atoms with E-state index in [1.54, 1.807) is 11.8 Å². The Morgan fingerprint density at radius 1 is 1.22 bits per heavy atom. The van der Waals surface area contributed by atoms with Crippen molar-refractivity contribution in [2.45, 2.75) is 34.1 Å². The van der Waals surface area contributed by atoms with Crippen molar-refractivity contribution < 1.29 is 23.9 Å². The van der Waals surface area contributed by atoms with Crippen LogP contribution in [0.4, 0.5) is 0 Å². The zero-order valence-electron chi connectivity index (χ0n) is 16.8. The van der Waals surface area contributed by atoms with Crippen molar-refractivity contribution in [3.05, 3.63) is 29.3 Å². The van der Waals surface area contributed by atoms with Crippen LogP contribution in [0.3, 0.4) is 0 Å². The predicted octanol–water partition coefficient (Wildman–Crippen LogP) is 1.85. The lowest BCUT2D eigenvalue weighted by Gasteiger charge is -2.25. The van der Waals surface area contributed by atoms with Gasteiger partial charge in [0, 0.05) is 26.6 Å². The molecule has 0 radical (unpaired) electrons. The van der Waals surface area contributed by atoms with Crippen molar-refractivity contribution in [2.75, 3.05) is 33.4 Å². The number of nitrogens with one attached hydrogen (secondary N) is 1. The highest BCUT2D eigenvalue weighted by Gasteiger charge is 2.22. The summed E-state index contributed by atoms with van der Waals surface area (Å²) >= 11 is 0. The first-order valence-electron chi connectivity index (χ1n) is 9.05. The van der Waals surface area contributed by atoms with Crippen LogP contribution in [0.5, 0.6) is 5.75 Å². The fraction of sp³-hybridized carbons (Fsp3) is 0.550. The lowest BCUT2D eigenvalue weighted by molar-refractivity contribution is -0.146. The monoisotopic (exact) mass is 378 g/mol. The second-order valence-corrected chi connectivity index (χ2v) is 6.59. The van der Waals surface area contributed by atoms with Crippen LogP contribution >= 0.6 is 0 Å². The zero-order valence-corrected chi connectivity index (χ0v) is 16.8. The highest BCUT2D eigenvalue weighted by atomic mass is 16.5. The molecule has 1 rings (SSSR count). The maximum absolute atomic E-state index is 12.6. The number of aryl methyl sites for hydroxylation is 1. The largest absolute Gasteiger partial charge is 0.483 e. The van der Waals surface area contributed by atoms with E-state index in [0.29, 0.717) is 25.3 Å². The summed E-state index contributed by atoms with van der Waals surface area (Å²) in [6, 6.07) is 5.69. The average molecular weight is 378 g/mol. The molecule has 0 bridgehead atoms. The van der Waals surface area contributed by atoms with Gasteiger partial charge < -0.3 is 19.7 Å². The Bertz CT molecular complexity index is 660.